The summed E-state index contributed by atoms with van der Waals surface area (Å²) in [6.45, 7) is 3.86. The molecule has 1 N–H and O–H groups in total. The lowest BCUT2D eigenvalue weighted by Gasteiger charge is -2.08. The number of nitro benzene ring substituents is 1. The van der Waals surface area contributed by atoms with E-state index in [4.69, 9.17) is 12.2 Å². The van der Waals surface area contributed by atoms with Crippen molar-refractivity contribution in [1.29, 1.82) is 0 Å². The van der Waals surface area contributed by atoms with Gasteiger partial charge in [0.05, 0.1) is 4.92 Å². The molecule has 5 nitrogen and oxygen atoms in total. The fourth-order valence-electron chi connectivity index (χ4n) is 1.96. The van der Waals surface area contributed by atoms with E-state index in [0.29, 0.717) is 11.2 Å². The van der Waals surface area contributed by atoms with Gasteiger partial charge in [0.15, 0.2) is 4.77 Å². The third kappa shape index (κ3) is 3.03. The van der Waals surface area contributed by atoms with Gasteiger partial charge in [-0.3, -0.25) is 10.1 Å². The van der Waals surface area contributed by atoms with Crippen molar-refractivity contribution in [2.75, 3.05) is 0 Å². The average molecular weight is 275 g/mol. The Morgan fingerprint density at radius 2 is 1.95 bits per heavy atom. The van der Waals surface area contributed by atoms with Crippen molar-refractivity contribution in [2.45, 2.75) is 20.3 Å². The second-order valence-corrected chi connectivity index (χ2v) is 4.72. The number of aromatic nitrogens is 2. The van der Waals surface area contributed by atoms with E-state index in [2.05, 4.69) is 9.97 Å². The van der Waals surface area contributed by atoms with Crippen molar-refractivity contribution in [3.8, 4) is 0 Å². The number of aryl methyl sites for hydroxylation is 2. The molecule has 0 aliphatic heterocycles. The molecule has 0 fully saturated rings. The molecule has 1 heterocycles. The van der Waals surface area contributed by atoms with Crippen LogP contribution in [0.3, 0.4) is 0 Å². The van der Waals surface area contributed by atoms with E-state index in [1.54, 1.807) is 12.1 Å². The summed E-state index contributed by atoms with van der Waals surface area (Å²) in [6, 6.07) is 6.55. The van der Waals surface area contributed by atoms with Gasteiger partial charge >= 0.3 is 0 Å². The summed E-state index contributed by atoms with van der Waals surface area (Å²) in [5, 5.41) is 10.6. The van der Waals surface area contributed by atoms with Gasteiger partial charge in [-0.25, -0.2) is 4.98 Å². The molecule has 0 saturated carbocycles. The van der Waals surface area contributed by atoms with Gasteiger partial charge < -0.3 is 4.98 Å². The van der Waals surface area contributed by atoms with Gasteiger partial charge in [0.1, 0.15) is 0 Å². The van der Waals surface area contributed by atoms with E-state index >= 15 is 0 Å². The summed E-state index contributed by atoms with van der Waals surface area (Å²) < 4.78 is 0.474. The number of nitrogens with zero attached hydrogens (tertiary/aromatic N) is 2. The molecule has 0 spiro atoms. The number of nitro groups is 1. The SMILES string of the molecule is Cc1nc(=S)[nH]c(C)c1Cc1ccc([N+](=O)[O-])cc1. The molecular weight excluding hydrogens is 262 g/mol. The summed E-state index contributed by atoms with van der Waals surface area (Å²) in [6.07, 6.45) is 0.675. The molecule has 0 amide bonds. The first-order valence-electron chi connectivity index (χ1n) is 5.77. The fraction of sp³-hybridized carbons (Fsp3) is 0.231. The van der Waals surface area contributed by atoms with Gasteiger partial charge in [-0.05, 0) is 37.2 Å². The van der Waals surface area contributed by atoms with Gasteiger partial charge in [-0.1, -0.05) is 12.1 Å². The molecule has 0 saturated heterocycles. The molecule has 0 unspecified atom stereocenters. The monoisotopic (exact) mass is 275 g/mol. The summed E-state index contributed by atoms with van der Waals surface area (Å²) in [7, 11) is 0. The third-order valence-corrected chi connectivity index (χ3v) is 3.17. The van der Waals surface area contributed by atoms with E-state index < -0.39 is 4.92 Å². The lowest BCUT2D eigenvalue weighted by molar-refractivity contribution is -0.384. The van der Waals surface area contributed by atoms with Crippen molar-refractivity contribution in [2.24, 2.45) is 0 Å². The first-order chi connectivity index (χ1) is 8.97. The second kappa shape index (κ2) is 5.27. The van der Waals surface area contributed by atoms with Crippen LogP contribution >= 0.6 is 12.2 Å². The maximum Gasteiger partial charge on any atom is 0.269 e. The summed E-state index contributed by atoms with van der Waals surface area (Å²) in [4.78, 5) is 17.4. The number of nitrogens with one attached hydrogen (secondary N) is 1. The Morgan fingerprint density at radius 1 is 1.32 bits per heavy atom. The number of aromatic amines is 1. The molecule has 1 aromatic carbocycles. The molecule has 0 atom stereocenters. The van der Waals surface area contributed by atoms with Crippen LogP contribution in [0, 0.1) is 28.7 Å². The highest BCUT2D eigenvalue weighted by Gasteiger charge is 2.08. The van der Waals surface area contributed by atoms with Gasteiger partial charge in [0.25, 0.3) is 5.69 Å². The molecule has 2 rings (SSSR count). The largest absolute Gasteiger partial charge is 0.334 e. The molecule has 1 aromatic heterocycles. The van der Waals surface area contributed by atoms with Crippen molar-refractivity contribution in [3.05, 3.63) is 61.7 Å². The van der Waals surface area contributed by atoms with Crippen LogP contribution in [0.1, 0.15) is 22.5 Å². The predicted octanol–water partition coefficient (Wildman–Crippen LogP) is 3.26. The highest BCUT2D eigenvalue weighted by Crippen LogP contribution is 2.18. The van der Waals surface area contributed by atoms with E-state index in [1.807, 2.05) is 13.8 Å². The quantitative estimate of drug-likeness (QED) is 0.530. The van der Waals surface area contributed by atoms with Crippen molar-refractivity contribution in [1.82, 2.24) is 9.97 Å². The molecule has 2 aromatic rings. The molecule has 19 heavy (non-hydrogen) atoms. The van der Waals surface area contributed by atoms with E-state index in [9.17, 15) is 10.1 Å². The number of hydrogen-bond donors (Lipinski definition) is 1. The molecule has 0 aliphatic carbocycles. The molecule has 0 bridgehead atoms. The van der Waals surface area contributed by atoms with Crippen LogP contribution in [0.2, 0.25) is 0 Å². The van der Waals surface area contributed by atoms with Gasteiger partial charge in [-0.15, -0.1) is 0 Å². The lowest BCUT2D eigenvalue weighted by Crippen LogP contribution is -2.01. The highest BCUT2D eigenvalue weighted by atomic mass is 32.1. The van der Waals surface area contributed by atoms with Crippen LogP contribution in [0.25, 0.3) is 0 Å². The van der Waals surface area contributed by atoms with Gasteiger partial charge in [0, 0.05) is 29.9 Å². The predicted molar refractivity (Wildman–Crippen MR) is 74.8 cm³/mol. The smallest absolute Gasteiger partial charge is 0.269 e. The van der Waals surface area contributed by atoms with E-state index in [0.717, 1.165) is 22.5 Å². The number of hydrogen-bond acceptors (Lipinski definition) is 4. The lowest BCUT2D eigenvalue weighted by atomic mass is 10.0. The third-order valence-electron chi connectivity index (χ3n) is 2.98. The van der Waals surface area contributed by atoms with Crippen LogP contribution in [0.4, 0.5) is 5.69 Å². The van der Waals surface area contributed by atoms with Crippen molar-refractivity contribution >= 4 is 17.9 Å². The zero-order valence-electron chi connectivity index (χ0n) is 10.6. The van der Waals surface area contributed by atoms with Crippen LogP contribution in [-0.4, -0.2) is 14.9 Å². The van der Waals surface area contributed by atoms with Crippen LogP contribution in [0.15, 0.2) is 24.3 Å². The van der Waals surface area contributed by atoms with E-state index in [-0.39, 0.29) is 5.69 Å². The standard InChI is InChI=1S/C13H13N3O2S/c1-8-12(9(2)15-13(19)14-8)7-10-3-5-11(6-4-10)16(17)18/h3-6H,7H2,1-2H3,(H,14,15,19). The Bertz CT molecular complexity index is 651. The average Bonchev–Trinajstić information content (AvgIpc) is 2.34. The van der Waals surface area contributed by atoms with Crippen molar-refractivity contribution < 1.29 is 4.92 Å². The topological polar surface area (TPSA) is 71.8 Å². The first kappa shape index (κ1) is 13.4. The maximum atomic E-state index is 10.6. The molecule has 0 radical (unpaired) electrons. The highest BCUT2D eigenvalue weighted by molar-refractivity contribution is 7.71. The molecular formula is C13H13N3O2S. The number of rotatable bonds is 3. The molecule has 0 aliphatic rings. The molecule has 6 heteroatoms. The van der Waals surface area contributed by atoms with Gasteiger partial charge in [0.2, 0.25) is 0 Å². The molecule has 98 valence electrons. The minimum Gasteiger partial charge on any atom is -0.334 e. The van der Waals surface area contributed by atoms with E-state index in [1.165, 1.54) is 12.1 Å². The van der Waals surface area contributed by atoms with Gasteiger partial charge in [-0.2, -0.15) is 0 Å². The second-order valence-electron chi connectivity index (χ2n) is 4.33. The zero-order chi connectivity index (χ0) is 14.0. The Labute approximate surface area is 115 Å². The minimum atomic E-state index is -0.401. The normalized spacial score (nSPS) is 10.4. The minimum absolute atomic E-state index is 0.0998. The zero-order valence-corrected chi connectivity index (χ0v) is 11.5. The Hall–Kier alpha value is -2.08. The summed E-state index contributed by atoms with van der Waals surface area (Å²) >= 11 is 5.02. The van der Waals surface area contributed by atoms with Crippen LogP contribution in [0.5, 0.6) is 0 Å². The van der Waals surface area contributed by atoms with Crippen LogP contribution in [-0.2, 0) is 6.42 Å². The Balaban J connectivity index is 2.31. The van der Waals surface area contributed by atoms with Crippen molar-refractivity contribution in [3.63, 3.8) is 0 Å². The van der Waals surface area contributed by atoms with Crippen LogP contribution < -0.4 is 0 Å². The maximum absolute atomic E-state index is 10.6. The Morgan fingerprint density at radius 3 is 2.47 bits per heavy atom. The Kier molecular flexibility index (Phi) is 3.71. The number of benzene rings is 1. The summed E-state index contributed by atoms with van der Waals surface area (Å²) in [5.74, 6) is 0. The fourth-order valence-corrected chi connectivity index (χ4v) is 2.25. The number of non-ortho nitro benzene ring substituents is 1. The first-order valence-corrected chi connectivity index (χ1v) is 6.18. The summed E-state index contributed by atoms with van der Waals surface area (Å²) in [5.41, 5.74) is 4.05. The number of H-pyrrole nitrogens is 1.